The van der Waals surface area contributed by atoms with E-state index in [-0.39, 0.29) is 0 Å². The lowest BCUT2D eigenvalue weighted by Gasteiger charge is -2.16. The molecule has 1 aliphatic heterocycles. The maximum absolute atomic E-state index is 11.8. The molecule has 1 saturated heterocycles. The quantitative estimate of drug-likeness (QED) is 0.701. The number of rotatable bonds is 4. The Hall–Kier alpha value is -0.570. The van der Waals surface area contributed by atoms with Gasteiger partial charge >= 0.3 is 0 Å². The maximum Gasteiger partial charge on any atom is 0.225 e. The molecule has 15 heavy (non-hydrogen) atoms. The minimum atomic E-state index is 0.327. The Morgan fingerprint density at radius 3 is 2.67 bits per heavy atom. The average molecular weight is 209 g/mol. The number of carbonyl (C=O) groups excluding carboxylic acids is 1. The summed E-state index contributed by atoms with van der Waals surface area (Å²) in [6, 6.07) is 0. The molecule has 3 nitrogen and oxygen atoms in total. The molecule has 3 aliphatic rings. The molecule has 1 amide bonds. The Balaban J connectivity index is 1.42. The lowest BCUT2D eigenvalue weighted by Crippen LogP contribution is -2.31. The fourth-order valence-corrected chi connectivity index (χ4v) is 2.21. The second kappa shape index (κ2) is 3.78. The Kier molecular flexibility index (Phi) is 2.43. The van der Waals surface area contributed by atoms with Gasteiger partial charge in [-0.15, -0.1) is 0 Å². The molecule has 0 radical (unpaired) electrons. The van der Waals surface area contributed by atoms with Crippen molar-refractivity contribution in [1.29, 1.82) is 0 Å². The third-order valence-electron chi connectivity index (χ3n) is 3.65. The third-order valence-corrected chi connectivity index (χ3v) is 3.65. The Labute approximate surface area is 90.8 Å². The third kappa shape index (κ3) is 2.33. The van der Waals surface area contributed by atoms with Crippen LogP contribution in [0.1, 0.15) is 32.1 Å². The second-order valence-electron chi connectivity index (χ2n) is 5.25. The van der Waals surface area contributed by atoms with E-state index in [1.807, 2.05) is 4.90 Å². The molecule has 0 bridgehead atoms. The molecule has 0 spiro atoms. The zero-order chi connectivity index (χ0) is 10.3. The van der Waals surface area contributed by atoms with Gasteiger partial charge in [0.25, 0.3) is 0 Å². The molecule has 0 N–H and O–H groups in total. The van der Waals surface area contributed by atoms with Gasteiger partial charge in [-0.05, 0) is 38.0 Å². The van der Waals surface area contributed by atoms with E-state index in [0.717, 1.165) is 44.9 Å². The van der Waals surface area contributed by atoms with Crippen molar-refractivity contribution in [3.8, 4) is 0 Å². The van der Waals surface area contributed by atoms with E-state index in [1.165, 1.54) is 12.8 Å². The first-order valence-corrected chi connectivity index (χ1v) is 6.23. The van der Waals surface area contributed by atoms with Crippen LogP contribution in [0.15, 0.2) is 0 Å². The van der Waals surface area contributed by atoms with Gasteiger partial charge in [-0.3, -0.25) is 4.79 Å². The van der Waals surface area contributed by atoms with Crippen molar-refractivity contribution >= 4 is 5.91 Å². The fraction of sp³-hybridized carbons (Fsp3) is 0.917. The summed E-state index contributed by atoms with van der Waals surface area (Å²) in [5.74, 6) is 1.58. The Bertz CT molecular complexity index is 258. The van der Waals surface area contributed by atoms with E-state index in [1.54, 1.807) is 0 Å². The molecule has 0 aromatic heterocycles. The van der Waals surface area contributed by atoms with E-state index in [9.17, 15) is 4.79 Å². The molecule has 2 saturated carbocycles. The van der Waals surface area contributed by atoms with Gasteiger partial charge in [0.2, 0.25) is 5.91 Å². The molecule has 0 aromatic rings. The van der Waals surface area contributed by atoms with Gasteiger partial charge in [-0.1, -0.05) is 0 Å². The van der Waals surface area contributed by atoms with Gasteiger partial charge in [-0.2, -0.15) is 0 Å². The van der Waals surface area contributed by atoms with Crippen molar-refractivity contribution in [2.45, 2.75) is 38.2 Å². The Morgan fingerprint density at radius 2 is 2.00 bits per heavy atom. The van der Waals surface area contributed by atoms with E-state index < -0.39 is 0 Å². The summed E-state index contributed by atoms with van der Waals surface area (Å²) in [5.41, 5.74) is 0. The van der Waals surface area contributed by atoms with Crippen LogP contribution in [0.2, 0.25) is 0 Å². The summed E-state index contributed by atoms with van der Waals surface area (Å²) in [5, 5.41) is 0. The van der Waals surface area contributed by atoms with Crippen molar-refractivity contribution in [3.63, 3.8) is 0 Å². The normalized spacial score (nSPS) is 30.9. The van der Waals surface area contributed by atoms with Crippen LogP contribution in [0.4, 0.5) is 0 Å². The zero-order valence-electron chi connectivity index (χ0n) is 9.15. The van der Waals surface area contributed by atoms with Crippen LogP contribution in [-0.2, 0) is 9.53 Å². The summed E-state index contributed by atoms with van der Waals surface area (Å²) in [7, 11) is 0. The number of hydrogen-bond acceptors (Lipinski definition) is 2. The van der Waals surface area contributed by atoms with Crippen molar-refractivity contribution in [2.24, 2.45) is 11.8 Å². The second-order valence-corrected chi connectivity index (χ2v) is 5.25. The van der Waals surface area contributed by atoms with Gasteiger partial charge in [0, 0.05) is 25.6 Å². The first kappa shape index (κ1) is 9.64. The molecular weight excluding hydrogens is 190 g/mol. The first-order valence-electron chi connectivity index (χ1n) is 6.23. The van der Waals surface area contributed by atoms with Gasteiger partial charge < -0.3 is 9.64 Å². The highest BCUT2D eigenvalue weighted by atomic mass is 16.5. The predicted octanol–water partition coefficient (Wildman–Crippen LogP) is 1.42. The topological polar surface area (TPSA) is 29.5 Å². The molecule has 1 unspecified atom stereocenters. The number of amides is 1. The molecule has 3 fully saturated rings. The van der Waals surface area contributed by atoms with Crippen LogP contribution >= 0.6 is 0 Å². The Morgan fingerprint density at radius 1 is 1.20 bits per heavy atom. The van der Waals surface area contributed by atoms with Crippen LogP contribution in [0.5, 0.6) is 0 Å². The number of hydrogen-bond donors (Lipinski definition) is 0. The molecular formula is C12H19NO2. The summed E-state index contributed by atoms with van der Waals surface area (Å²) in [4.78, 5) is 13.8. The summed E-state index contributed by atoms with van der Waals surface area (Å²) in [6.45, 7) is 2.70. The van der Waals surface area contributed by atoms with E-state index in [4.69, 9.17) is 4.74 Å². The van der Waals surface area contributed by atoms with Crippen LogP contribution < -0.4 is 0 Å². The average Bonchev–Trinajstić information content (AvgIpc) is 3.13. The number of ether oxygens (including phenoxy) is 1. The van der Waals surface area contributed by atoms with Gasteiger partial charge in [-0.25, -0.2) is 0 Å². The monoisotopic (exact) mass is 209 g/mol. The van der Waals surface area contributed by atoms with Crippen molar-refractivity contribution in [3.05, 3.63) is 0 Å². The molecule has 84 valence electrons. The standard InChI is InChI=1S/C12H19NO2/c14-12(10-3-4-10)13-6-5-11(7-13)15-8-9-1-2-9/h9-11H,1-8H2. The molecule has 3 rings (SSSR count). The van der Waals surface area contributed by atoms with Crippen molar-refractivity contribution in [1.82, 2.24) is 4.90 Å². The van der Waals surface area contributed by atoms with E-state index in [0.29, 0.717) is 17.9 Å². The smallest absolute Gasteiger partial charge is 0.225 e. The number of carbonyl (C=O) groups is 1. The highest BCUT2D eigenvalue weighted by Gasteiger charge is 2.37. The highest BCUT2D eigenvalue weighted by molar-refractivity contribution is 5.81. The highest BCUT2D eigenvalue weighted by Crippen LogP contribution is 2.33. The zero-order valence-corrected chi connectivity index (χ0v) is 9.15. The molecule has 2 aliphatic carbocycles. The largest absolute Gasteiger partial charge is 0.376 e. The number of likely N-dealkylation sites (tertiary alicyclic amines) is 1. The lowest BCUT2D eigenvalue weighted by molar-refractivity contribution is -0.132. The fourth-order valence-electron chi connectivity index (χ4n) is 2.21. The lowest BCUT2D eigenvalue weighted by atomic mass is 10.3. The van der Waals surface area contributed by atoms with Gasteiger partial charge in [0.1, 0.15) is 0 Å². The molecule has 1 heterocycles. The minimum absolute atomic E-state index is 0.327. The van der Waals surface area contributed by atoms with Crippen LogP contribution in [0.3, 0.4) is 0 Å². The van der Waals surface area contributed by atoms with E-state index in [2.05, 4.69) is 0 Å². The number of nitrogens with zero attached hydrogens (tertiary/aromatic N) is 1. The summed E-state index contributed by atoms with van der Waals surface area (Å²) in [6.07, 6.45) is 6.29. The minimum Gasteiger partial charge on any atom is -0.376 e. The summed E-state index contributed by atoms with van der Waals surface area (Å²) >= 11 is 0. The van der Waals surface area contributed by atoms with E-state index >= 15 is 0 Å². The van der Waals surface area contributed by atoms with Crippen molar-refractivity contribution in [2.75, 3.05) is 19.7 Å². The van der Waals surface area contributed by atoms with Crippen LogP contribution in [0, 0.1) is 11.8 Å². The SMILES string of the molecule is O=C(C1CC1)N1CCC(OCC2CC2)C1. The molecule has 0 aromatic carbocycles. The van der Waals surface area contributed by atoms with Gasteiger partial charge in [0.15, 0.2) is 0 Å². The first-order chi connectivity index (χ1) is 7.33. The predicted molar refractivity (Wildman–Crippen MR) is 56.4 cm³/mol. The van der Waals surface area contributed by atoms with Crippen LogP contribution in [0.25, 0.3) is 0 Å². The van der Waals surface area contributed by atoms with Crippen molar-refractivity contribution < 1.29 is 9.53 Å². The van der Waals surface area contributed by atoms with Crippen LogP contribution in [-0.4, -0.2) is 36.6 Å². The molecule has 1 atom stereocenters. The summed E-state index contributed by atoms with van der Waals surface area (Å²) < 4.78 is 5.81. The van der Waals surface area contributed by atoms with Gasteiger partial charge in [0.05, 0.1) is 6.10 Å². The molecule has 3 heteroatoms. The maximum atomic E-state index is 11.8.